The second-order valence-electron chi connectivity index (χ2n) is 5.00. The smallest absolute Gasteiger partial charge is 0.117 e. The Balaban J connectivity index is 1.83. The quantitative estimate of drug-likeness (QED) is 0.746. The fraction of sp³-hybridized carbons (Fsp3) is 0.417. The van der Waals surface area contributed by atoms with Crippen molar-refractivity contribution in [3.05, 3.63) is 23.8 Å². The van der Waals surface area contributed by atoms with E-state index < -0.39 is 5.67 Å². The van der Waals surface area contributed by atoms with E-state index in [0.29, 0.717) is 30.5 Å². The second-order valence-corrected chi connectivity index (χ2v) is 5.00. The summed E-state index contributed by atoms with van der Waals surface area (Å²) in [6.07, 6.45) is 1.70. The number of nitrogens with one attached hydrogen (secondary N) is 1. The fourth-order valence-corrected chi connectivity index (χ4v) is 2.82. The predicted octanol–water partition coefficient (Wildman–Crippen LogP) is 2.20. The number of nitrogens with two attached hydrogens (primary N) is 1. The Morgan fingerprint density at radius 1 is 1.38 bits per heavy atom. The molecule has 0 saturated heterocycles. The number of alkyl halides is 1. The van der Waals surface area contributed by atoms with Crippen molar-refractivity contribution >= 4 is 11.4 Å². The molecule has 0 heterocycles. The lowest BCUT2D eigenvalue weighted by Crippen LogP contribution is -2.73. The van der Waals surface area contributed by atoms with Crippen LogP contribution in [0.25, 0.3) is 0 Å². The van der Waals surface area contributed by atoms with E-state index in [1.807, 2.05) is 0 Å². The molecule has 0 amide bonds. The number of halogens is 1. The van der Waals surface area contributed by atoms with E-state index in [1.165, 1.54) is 0 Å². The Morgan fingerprint density at radius 2 is 2.06 bits per heavy atom. The maximum Gasteiger partial charge on any atom is 0.117 e. The van der Waals surface area contributed by atoms with Gasteiger partial charge in [0.1, 0.15) is 5.67 Å². The van der Waals surface area contributed by atoms with E-state index in [2.05, 4.69) is 11.4 Å². The minimum Gasteiger partial charge on any atom is -0.397 e. The Labute approximate surface area is 93.1 Å². The fourth-order valence-electron chi connectivity index (χ4n) is 2.82. The molecule has 1 aromatic rings. The van der Waals surface area contributed by atoms with E-state index in [4.69, 9.17) is 11.0 Å². The molecule has 3 aliphatic rings. The number of hydrogen-bond donors (Lipinski definition) is 2. The highest BCUT2D eigenvalue weighted by molar-refractivity contribution is 5.70. The van der Waals surface area contributed by atoms with Gasteiger partial charge in [0.25, 0.3) is 0 Å². The molecular formula is C12H12FN3. The SMILES string of the molecule is N#Cc1ccc(N)c(NC23CC(F)(C2)C3)c1. The van der Waals surface area contributed by atoms with Gasteiger partial charge in [-0.2, -0.15) is 5.26 Å². The van der Waals surface area contributed by atoms with Gasteiger partial charge in [0.2, 0.25) is 0 Å². The molecule has 3 aliphatic carbocycles. The number of hydrogen-bond acceptors (Lipinski definition) is 3. The second kappa shape index (κ2) is 2.67. The van der Waals surface area contributed by atoms with Gasteiger partial charge in [-0.05, 0) is 18.2 Å². The maximum absolute atomic E-state index is 13.3. The molecule has 0 spiro atoms. The number of benzene rings is 1. The Hall–Kier alpha value is -1.76. The lowest BCUT2D eigenvalue weighted by molar-refractivity contribution is -0.136. The van der Waals surface area contributed by atoms with E-state index in [-0.39, 0.29) is 5.54 Å². The molecular weight excluding hydrogens is 205 g/mol. The number of anilines is 2. The molecule has 3 fully saturated rings. The van der Waals surface area contributed by atoms with Gasteiger partial charge >= 0.3 is 0 Å². The van der Waals surface area contributed by atoms with Crippen molar-refractivity contribution < 1.29 is 4.39 Å². The van der Waals surface area contributed by atoms with Gasteiger partial charge in [-0.15, -0.1) is 0 Å². The van der Waals surface area contributed by atoms with Gasteiger partial charge < -0.3 is 11.1 Å². The molecule has 3 N–H and O–H groups in total. The van der Waals surface area contributed by atoms with Crippen molar-refractivity contribution in [1.29, 1.82) is 5.26 Å². The molecule has 0 unspecified atom stereocenters. The lowest BCUT2D eigenvalue weighted by Gasteiger charge is -2.66. The summed E-state index contributed by atoms with van der Waals surface area (Å²) in [4.78, 5) is 0. The highest BCUT2D eigenvalue weighted by Crippen LogP contribution is 2.64. The molecule has 2 bridgehead atoms. The number of nitriles is 1. The maximum atomic E-state index is 13.3. The van der Waals surface area contributed by atoms with Crippen LogP contribution in [-0.2, 0) is 0 Å². The summed E-state index contributed by atoms with van der Waals surface area (Å²) in [6, 6.07) is 7.18. The van der Waals surface area contributed by atoms with Crippen molar-refractivity contribution in [2.75, 3.05) is 11.1 Å². The Bertz CT molecular complexity index is 484. The van der Waals surface area contributed by atoms with E-state index in [0.717, 1.165) is 5.69 Å². The van der Waals surface area contributed by atoms with Crippen LogP contribution in [0.1, 0.15) is 24.8 Å². The van der Waals surface area contributed by atoms with E-state index in [9.17, 15) is 4.39 Å². The number of rotatable bonds is 2. The first kappa shape index (κ1) is 9.46. The monoisotopic (exact) mass is 217 g/mol. The molecule has 0 atom stereocenters. The zero-order valence-electron chi connectivity index (χ0n) is 8.76. The van der Waals surface area contributed by atoms with Crippen molar-refractivity contribution in [3.63, 3.8) is 0 Å². The van der Waals surface area contributed by atoms with Crippen LogP contribution in [0, 0.1) is 11.3 Å². The van der Waals surface area contributed by atoms with Crippen molar-refractivity contribution in [1.82, 2.24) is 0 Å². The first-order chi connectivity index (χ1) is 7.54. The lowest BCUT2D eigenvalue weighted by atomic mass is 9.47. The average molecular weight is 217 g/mol. The molecule has 4 rings (SSSR count). The molecule has 0 aromatic heterocycles. The van der Waals surface area contributed by atoms with Gasteiger partial charge in [-0.3, -0.25) is 0 Å². The summed E-state index contributed by atoms with van der Waals surface area (Å²) in [5.41, 5.74) is 6.72. The summed E-state index contributed by atoms with van der Waals surface area (Å²) < 4.78 is 13.3. The van der Waals surface area contributed by atoms with Crippen molar-refractivity contribution in [3.8, 4) is 6.07 Å². The molecule has 3 saturated carbocycles. The largest absolute Gasteiger partial charge is 0.397 e. The number of nitrogens with zero attached hydrogens (tertiary/aromatic N) is 1. The first-order valence-corrected chi connectivity index (χ1v) is 5.31. The minimum atomic E-state index is -0.922. The first-order valence-electron chi connectivity index (χ1n) is 5.31. The molecule has 1 aromatic carbocycles. The Morgan fingerprint density at radius 3 is 2.62 bits per heavy atom. The molecule has 0 aliphatic heterocycles. The van der Waals surface area contributed by atoms with Gasteiger partial charge in [0.15, 0.2) is 0 Å². The number of nitrogen functional groups attached to an aromatic ring is 1. The summed E-state index contributed by atoms with van der Waals surface area (Å²) >= 11 is 0. The summed E-state index contributed by atoms with van der Waals surface area (Å²) in [5.74, 6) is 0. The highest BCUT2D eigenvalue weighted by Gasteiger charge is 2.69. The van der Waals surface area contributed by atoms with Crippen LogP contribution in [0.4, 0.5) is 15.8 Å². The van der Waals surface area contributed by atoms with Gasteiger partial charge in [-0.1, -0.05) is 0 Å². The van der Waals surface area contributed by atoms with Gasteiger partial charge in [0, 0.05) is 24.8 Å². The van der Waals surface area contributed by atoms with E-state index >= 15 is 0 Å². The summed E-state index contributed by atoms with van der Waals surface area (Å²) in [6.45, 7) is 0. The minimum absolute atomic E-state index is 0.100. The molecule has 16 heavy (non-hydrogen) atoms. The molecule has 4 heteroatoms. The van der Waals surface area contributed by atoms with Crippen LogP contribution in [0.15, 0.2) is 18.2 Å². The zero-order valence-corrected chi connectivity index (χ0v) is 8.76. The Kier molecular flexibility index (Phi) is 1.58. The zero-order chi connectivity index (χ0) is 11.4. The highest BCUT2D eigenvalue weighted by atomic mass is 19.1. The molecule has 0 radical (unpaired) electrons. The third-order valence-electron chi connectivity index (χ3n) is 3.55. The predicted molar refractivity (Wildman–Crippen MR) is 59.6 cm³/mol. The van der Waals surface area contributed by atoms with Crippen LogP contribution in [0.2, 0.25) is 0 Å². The summed E-state index contributed by atoms with van der Waals surface area (Å²) in [7, 11) is 0. The average Bonchev–Trinajstić information content (AvgIpc) is 2.17. The third-order valence-corrected chi connectivity index (χ3v) is 3.55. The van der Waals surface area contributed by atoms with Crippen LogP contribution in [0.3, 0.4) is 0 Å². The normalized spacial score (nSPS) is 34.5. The van der Waals surface area contributed by atoms with Crippen molar-refractivity contribution in [2.45, 2.75) is 30.5 Å². The van der Waals surface area contributed by atoms with Crippen LogP contribution >= 0.6 is 0 Å². The van der Waals surface area contributed by atoms with Crippen LogP contribution in [-0.4, -0.2) is 11.2 Å². The molecule has 82 valence electrons. The standard InChI is InChI=1S/C12H12FN3/c13-11-5-12(6-11,7-11)16-10-3-8(4-14)1-2-9(10)15/h1-3,16H,5-7,15H2. The van der Waals surface area contributed by atoms with E-state index in [1.54, 1.807) is 18.2 Å². The summed E-state index contributed by atoms with van der Waals surface area (Å²) in [5, 5.41) is 12.1. The van der Waals surface area contributed by atoms with Gasteiger partial charge in [-0.25, -0.2) is 4.39 Å². The topological polar surface area (TPSA) is 61.8 Å². The third kappa shape index (κ3) is 1.18. The van der Waals surface area contributed by atoms with Gasteiger partial charge in [0.05, 0.1) is 23.0 Å². The van der Waals surface area contributed by atoms with Crippen LogP contribution in [0.5, 0.6) is 0 Å². The molecule has 3 nitrogen and oxygen atoms in total. The van der Waals surface area contributed by atoms with Crippen molar-refractivity contribution in [2.24, 2.45) is 0 Å². The van der Waals surface area contributed by atoms with Crippen LogP contribution < -0.4 is 11.1 Å².